The highest BCUT2D eigenvalue weighted by Crippen LogP contribution is 2.21. The molecule has 0 aromatic carbocycles. The molecule has 1 rings (SSSR count). The van der Waals surface area contributed by atoms with Gasteiger partial charge >= 0.3 is 12.0 Å². The minimum absolute atomic E-state index is 0.0505. The first-order valence-corrected chi connectivity index (χ1v) is 7.15. The lowest BCUT2D eigenvalue weighted by atomic mass is 9.89. The lowest BCUT2D eigenvalue weighted by Gasteiger charge is -2.25. The van der Waals surface area contributed by atoms with E-state index >= 15 is 0 Å². The number of nitrogens with zero attached hydrogens (tertiary/aromatic N) is 1. The van der Waals surface area contributed by atoms with Crippen molar-refractivity contribution in [2.75, 3.05) is 26.3 Å². The number of hydrogen-bond acceptors (Lipinski definition) is 3. The smallest absolute Gasteiger partial charge is 0.326 e. The van der Waals surface area contributed by atoms with Crippen LogP contribution in [0.4, 0.5) is 4.79 Å². The van der Waals surface area contributed by atoms with Gasteiger partial charge in [0.05, 0.1) is 6.61 Å². The number of nitrogens with one attached hydrogen (secondary N) is 1. The maximum atomic E-state index is 12.1. The summed E-state index contributed by atoms with van der Waals surface area (Å²) in [5.41, 5.74) is 0.0505. The Labute approximate surface area is 120 Å². The van der Waals surface area contributed by atoms with Crippen LogP contribution in [-0.4, -0.2) is 54.4 Å². The van der Waals surface area contributed by atoms with Gasteiger partial charge in [0, 0.05) is 19.7 Å². The molecule has 2 N–H and O–H groups in total. The van der Waals surface area contributed by atoms with Crippen LogP contribution in [0.2, 0.25) is 0 Å². The molecule has 0 aromatic rings. The summed E-state index contributed by atoms with van der Waals surface area (Å²) in [6, 6.07) is -1.14. The van der Waals surface area contributed by atoms with Gasteiger partial charge in [-0.05, 0) is 24.7 Å². The summed E-state index contributed by atoms with van der Waals surface area (Å²) in [5, 5.41) is 11.8. The van der Waals surface area contributed by atoms with Crippen molar-refractivity contribution >= 4 is 12.0 Å². The van der Waals surface area contributed by atoms with E-state index in [4.69, 9.17) is 4.74 Å². The Kier molecular flexibility index (Phi) is 6.26. The lowest BCUT2D eigenvalue weighted by Crippen LogP contribution is -2.48. The molecule has 1 saturated heterocycles. The fourth-order valence-electron chi connectivity index (χ4n) is 2.02. The van der Waals surface area contributed by atoms with Crippen LogP contribution in [0.15, 0.2) is 0 Å². The number of carboxylic acid groups (broad SMARTS) is 1. The summed E-state index contributed by atoms with van der Waals surface area (Å²) in [6.45, 7) is 8.44. The highest BCUT2D eigenvalue weighted by molar-refractivity contribution is 5.82. The number of hydrogen-bond donors (Lipinski definition) is 2. The van der Waals surface area contributed by atoms with Gasteiger partial charge in [0.15, 0.2) is 0 Å². The molecule has 0 radical (unpaired) electrons. The van der Waals surface area contributed by atoms with E-state index in [9.17, 15) is 14.7 Å². The van der Waals surface area contributed by atoms with Crippen LogP contribution in [0.1, 0.15) is 40.0 Å². The molecule has 6 nitrogen and oxygen atoms in total. The number of carbonyl (C=O) groups excluding carboxylic acids is 1. The highest BCUT2D eigenvalue weighted by Gasteiger charge is 2.25. The Bertz CT molecular complexity index is 331. The number of carboxylic acids is 1. The maximum absolute atomic E-state index is 12.1. The summed E-state index contributed by atoms with van der Waals surface area (Å²) in [4.78, 5) is 25.0. The first kappa shape index (κ1) is 16.8. The van der Waals surface area contributed by atoms with Crippen molar-refractivity contribution in [1.82, 2.24) is 10.2 Å². The molecular weight excluding hydrogens is 260 g/mol. The molecule has 116 valence electrons. The molecule has 0 saturated carbocycles. The Morgan fingerprint density at radius 2 is 2.00 bits per heavy atom. The molecule has 6 heteroatoms. The Morgan fingerprint density at radius 3 is 2.60 bits per heavy atom. The van der Waals surface area contributed by atoms with Crippen molar-refractivity contribution in [2.45, 2.75) is 46.1 Å². The quantitative estimate of drug-likeness (QED) is 0.824. The predicted molar refractivity (Wildman–Crippen MR) is 75.7 cm³/mol. The van der Waals surface area contributed by atoms with Crippen LogP contribution in [0, 0.1) is 5.41 Å². The second-order valence-corrected chi connectivity index (χ2v) is 6.39. The molecule has 0 aromatic heterocycles. The molecule has 1 aliphatic rings. The van der Waals surface area contributed by atoms with Gasteiger partial charge in [-0.1, -0.05) is 20.8 Å². The van der Waals surface area contributed by atoms with Gasteiger partial charge in [0.25, 0.3) is 0 Å². The van der Waals surface area contributed by atoms with E-state index < -0.39 is 12.0 Å². The average Bonchev–Trinajstić information content (AvgIpc) is 2.61. The molecule has 1 aliphatic heterocycles. The number of ether oxygens (including phenoxy) is 1. The molecule has 1 atom stereocenters. The van der Waals surface area contributed by atoms with Crippen LogP contribution in [-0.2, 0) is 9.53 Å². The van der Waals surface area contributed by atoms with Gasteiger partial charge in [-0.15, -0.1) is 0 Å². The molecule has 0 spiro atoms. The SMILES string of the molecule is CC(C)(C)CC[C@H](NC(=O)N1CCCOCC1)C(=O)O. The summed E-state index contributed by atoms with van der Waals surface area (Å²) < 4.78 is 5.28. The van der Waals surface area contributed by atoms with E-state index in [1.165, 1.54) is 0 Å². The monoisotopic (exact) mass is 286 g/mol. The van der Waals surface area contributed by atoms with Crippen LogP contribution < -0.4 is 5.32 Å². The van der Waals surface area contributed by atoms with Crippen molar-refractivity contribution in [3.8, 4) is 0 Å². The maximum Gasteiger partial charge on any atom is 0.326 e. The van der Waals surface area contributed by atoms with E-state index in [0.717, 1.165) is 12.8 Å². The first-order valence-electron chi connectivity index (χ1n) is 7.15. The summed E-state index contributed by atoms with van der Waals surface area (Å²) >= 11 is 0. The second-order valence-electron chi connectivity index (χ2n) is 6.39. The van der Waals surface area contributed by atoms with Crippen LogP contribution in [0.3, 0.4) is 0 Å². The van der Waals surface area contributed by atoms with Crippen molar-refractivity contribution in [1.29, 1.82) is 0 Å². The molecule has 2 amide bonds. The Balaban J connectivity index is 2.51. The van der Waals surface area contributed by atoms with Gasteiger partial charge in [-0.25, -0.2) is 9.59 Å². The zero-order chi connectivity index (χ0) is 15.2. The zero-order valence-electron chi connectivity index (χ0n) is 12.6. The first-order chi connectivity index (χ1) is 9.29. The van der Waals surface area contributed by atoms with Crippen molar-refractivity contribution < 1.29 is 19.4 Å². The predicted octanol–water partition coefficient (Wildman–Crippen LogP) is 1.70. The van der Waals surface area contributed by atoms with E-state index in [1.807, 2.05) is 0 Å². The second kappa shape index (κ2) is 7.47. The van der Waals surface area contributed by atoms with Crippen molar-refractivity contribution in [3.63, 3.8) is 0 Å². The molecule has 0 aliphatic carbocycles. The molecule has 20 heavy (non-hydrogen) atoms. The average molecular weight is 286 g/mol. The van der Waals surface area contributed by atoms with E-state index in [0.29, 0.717) is 32.7 Å². The summed E-state index contributed by atoms with van der Waals surface area (Å²) in [5.74, 6) is -0.978. The standard InChI is InChI=1S/C14H26N2O4/c1-14(2,3)6-5-11(12(17)18)15-13(19)16-7-4-9-20-10-8-16/h11H,4-10H2,1-3H3,(H,15,19)(H,17,18)/t11-/m0/s1. The third-order valence-electron chi connectivity index (χ3n) is 3.29. The fraction of sp³-hybridized carbons (Fsp3) is 0.857. The topological polar surface area (TPSA) is 78.9 Å². The number of aliphatic carboxylic acids is 1. The van der Waals surface area contributed by atoms with Crippen LogP contribution >= 0.6 is 0 Å². The molecule has 0 bridgehead atoms. The van der Waals surface area contributed by atoms with E-state index in [1.54, 1.807) is 4.90 Å². The van der Waals surface area contributed by atoms with E-state index in [-0.39, 0.29) is 11.4 Å². The largest absolute Gasteiger partial charge is 0.480 e. The normalized spacial score (nSPS) is 18.2. The number of rotatable bonds is 4. The molecule has 1 heterocycles. The fourth-order valence-corrected chi connectivity index (χ4v) is 2.02. The Morgan fingerprint density at radius 1 is 1.30 bits per heavy atom. The number of amides is 2. The number of carbonyl (C=O) groups is 2. The van der Waals surface area contributed by atoms with E-state index in [2.05, 4.69) is 26.1 Å². The highest BCUT2D eigenvalue weighted by atomic mass is 16.5. The van der Waals surface area contributed by atoms with Gasteiger partial charge < -0.3 is 20.1 Å². The lowest BCUT2D eigenvalue weighted by molar-refractivity contribution is -0.139. The summed E-state index contributed by atoms with van der Waals surface area (Å²) in [6.07, 6.45) is 1.97. The zero-order valence-corrected chi connectivity index (χ0v) is 12.6. The van der Waals surface area contributed by atoms with Crippen LogP contribution in [0.5, 0.6) is 0 Å². The molecule has 0 unspecified atom stereocenters. The van der Waals surface area contributed by atoms with Gasteiger partial charge in [0.1, 0.15) is 6.04 Å². The molecular formula is C14H26N2O4. The molecule has 1 fully saturated rings. The third kappa shape index (κ3) is 6.23. The minimum atomic E-state index is -0.978. The van der Waals surface area contributed by atoms with Crippen molar-refractivity contribution in [2.24, 2.45) is 5.41 Å². The van der Waals surface area contributed by atoms with Crippen LogP contribution in [0.25, 0.3) is 0 Å². The minimum Gasteiger partial charge on any atom is -0.480 e. The Hall–Kier alpha value is -1.30. The summed E-state index contributed by atoms with van der Waals surface area (Å²) in [7, 11) is 0. The van der Waals surface area contributed by atoms with Crippen molar-refractivity contribution in [3.05, 3.63) is 0 Å². The van der Waals surface area contributed by atoms with Gasteiger partial charge in [0.2, 0.25) is 0 Å². The van der Waals surface area contributed by atoms with Gasteiger partial charge in [-0.3, -0.25) is 0 Å². The van der Waals surface area contributed by atoms with Gasteiger partial charge in [-0.2, -0.15) is 0 Å². The third-order valence-corrected chi connectivity index (χ3v) is 3.29. The number of urea groups is 1.